The molecule has 1 saturated carbocycles. The Morgan fingerprint density at radius 1 is 0.830 bits per heavy atom. The normalized spacial score (nSPS) is 14.4. The first kappa shape index (κ1) is 34.1. The van der Waals surface area contributed by atoms with Gasteiger partial charge in [0.25, 0.3) is 0 Å². The van der Waals surface area contributed by atoms with Gasteiger partial charge in [0.2, 0.25) is 5.91 Å². The predicted molar refractivity (Wildman–Crippen MR) is 184 cm³/mol. The van der Waals surface area contributed by atoms with Crippen LogP contribution in [0.4, 0.5) is 9.59 Å². The number of amides is 4. The number of thiazole rings is 2. The van der Waals surface area contributed by atoms with Gasteiger partial charge >= 0.3 is 12.1 Å². The molecule has 4 aromatic rings. The number of hydrogen-bond donors (Lipinski definition) is 3. The number of benzene rings is 2. The molecule has 47 heavy (non-hydrogen) atoms. The van der Waals surface area contributed by atoms with Crippen molar-refractivity contribution < 1.29 is 19.1 Å². The number of carbonyl (C=O) groups excluding carboxylic acids is 3. The highest BCUT2D eigenvalue weighted by Crippen LogP contribution is 2.29. The minimum atomic E-state index is -0.677. The summed E-state index contributed by atoms with van der Waals surface area (Å²) in [7, 11) is 0. The summed E-state index contributed by atoms with van der Waals surface area (Å²) < 4.78 is 5.48. The van der Waals surface area contributed by atoms with Gasteiger partial charge in [0.15, 0.2) is 0 Å². The number of alkyl carbamates (subject to hydrolysis) is 1. The molecule has 1 aliphatic carbocycles. The number of nitrogens with one attached hydrogen (secondary N) is 3. The number of nitrogens with zero attached hydrogens (tertiary/aromatic N) is 3. The first-order chi connectivity index (χ1) is 23.0. The van der Waals surface area contributed by atoms with Crippen LogP contribution in [0, 0.1) is 0 Å². The number of carbonyl (C=O) groups is 3. The van der Waals surface area contributed by atoms with E-state index in [0.29, 0.717) is 38.6 Å². The highest BCUT2D eigenvalue weighted by atomic mass is 32.1. The quantitative estimate of drug-likeness (QED) is 0.124. The lowest BCUT2D eigenvalue weighted by atomic mass is 9.95. The van der Waals surface area contributed by atoms with E-state index in [1.54, 1.807) is 23.4 Å². The molecule has 3 atom stereocenters. The summed E-state index contributed by atoms with van der Waals surface area (Å²) in [6.45, 7) is 2.55. The van der Waals surface area contributed by atoms with Gasteiger partial charge < -0.3 is 25.6 Å². The van der Waals surface area contributed by atoms with Gasteiger partial charge in [-0.25, -0.2) is 9.59 Å². The number of ether oxygens (including phenoxy) is 1. The number of urea groups is 1. The van der Waals surface area contributed by atoms with Crippen molar-refractivity contribution in [3.63, 3.8) is 0 Å². The van der Waals surface area contributed by atoms with Crippen LogP contribution in [0.2, 0.25) is 0 Å². The summed E-state index contributed by atoms with van der Waals surface area (Å²) in [5.74, 6) is -0.216. The molecule has 0 bridgehead atoms. The van der Waals surface area contributed by atoms with Crippen molar-refractivity contribution >= 4 is 40.7 Å². The Balaban J connectivity index is 1.23. The smallest absolute Gasteiger partial charge is 0.407 e. The molecule has 1 aliphatic rings. The maximum Gasteiger partial charge on any atom is 0.407 e. The minimum absolute atomic E-state index is 0.160. The SMILES string of the molecule is CC[C@H](NC(=O)N(Cc1cncs1)C1CC1)C(=O)N[C@H](CC[C@H](Cc1ccccc1)NC(=O)OCc1cncs1)Cc1ccccc1. The van der Waals surface area contributed by atoms with Crippen LogP contribution in [0.5, 0.6) is 0 Å². The van der Waals surface area contributed by atoms with Crippen molar-refractivity contribution in [1.29, 1.82) is 0 Å². The minimum Gasteiger partial charge on any atom is -0.444 e. The van der Waals surface area contributed by atoms with Crippen LogP contribution in [0.25, 0.3) is 0 Å². The fourth-order valence-corrected chi connectivity index (χ4v) is 6.53. The van der Waals surface area contributed by atoms with E-state index in [-0.39, 0.29) is 36.7 Å². The molecule has 4 amide bonds. The topological polar surface area (TPSA) is 126 Å². The van der Waals surface area contributed by atoms with Crippen molar-refractivity contribution in [2.24, 2.45) is 0 Å². The zero-order chi connectivity index (χ0) is 32.8. The molecule has 0 aliphatic heterocycles. The molecule has 0 saturated heterocycles. The molecule has 0 unspecified atom stereocenters. The first-order valence-corrected chi connectivity index (χ1v) is 17.9. The summed E-state index contributed by atoms with van der Waals surface area (Å²) >= 11 is 2.95. The second kappa shape index (κ2) is 17.6. The third-order valence-electron chi connectivity index (χ3n) is 8.09. The Labute approximate surface area is 284 Å². The van der Waals surface area contributed by atoms with Crippen LogP contribution >= 0.6 is 22.7 Å². The molecule has 248 valence electrons. The third kappa shape index (κ3) is 11.2. The average molecular weight is 675 g/mol. The zero-order valence-corrected chi connectivity index (χ0v) is 28.2. The summed E-state index contributed by atoms with van der Waals surface area (Å²) in [6, 6.07) is 18.9. The van der Waals surface area contributed by atoms with Gasteiger partial charge in [0.1, 0.15) is 12.6 Å². The maximum atomic E-state index is 13.7. The molecule has 3 N–H and O–H groups in total. The molecular weight excluding hydrogens is 633 g/mol. The molecule has 12 heteroatoms. The molecule has 10 nitrogen and oxygen atoms in total. The van der Waals surface area contributed by atoms with Crippen molar-refractivity contribution in [3.05, 3.63) is 105 Å². The van der Waals surface area contributed by atoms with Gasteiger partial charge in [-0.3, -0.25) is 14.8 Å². The fourth-order valence-electron chi connectivity index (χ4n) is 5.44. The van der Waals surface area contributed by atoms with Gasteiger partial charge in [0.05, 0.1) is 22.4 Å². The Kier molecular flexibility index (Phi) is 12.7. The number of hydrogen-bond acceptors (Lipinski definition) is 8. The van der Waals surface area contributed by atoms with Gasteiger partial charge in [0, 0.05) is 35.4 Å². The van der Waals surface area contributed by atoms with Gasteiger partial charge in [-0.05, 0) is 56.1 Å². The summed E-state index contributed by atoms with van der Waals surface area (Å²) in [5, 5.41) is 9.29. The van der Waals surface area contributed by atoms with E-state index in [4.69, 9.17) is 4.74 Å². The molecule has 0 radical (unpaired) electrons. The summed E-state index contributed by atoms with van der Waals surface area (Å²) in [4.78, 5) is 51.8. The third-order valence-corrected chi connectivity index (χ3v) is 9.61. The molecule has 2 heterocycles. The lowest BCUT2D eigenvalue weighted by Crippen LogP contribution is -2.53. The number of rotatable bonds is 17. The second-order valence-corrected chi connectivity index (χ2v) is 13.7. The van der Waals surface area contributed by atoms with Crippen LogP contribution in [-0.2, 0) is 35.5 Å². The average Bonchev–Trinajstić information content (AvgIpc) is 3.52. The molecular formula is C35H42N6O4S2. The zero-order valence-electron chi connectivity index (χ0n) is 26.5. The number of aromatic nitrogens is 2. The summed E-state index contributed by atoms with van der Waals surface area (Å²) in [5.41, 5.74) is 5.66. The van der Waals surface area contributed by atoms with E-state index >= 15 is 0 Å². The maximum absolute atomic E-state index is 13.7. The van der Waals surface area contributed by atoms with E-state index in [1.807, 2.05) is 72.5 Å². The van der Waals surface area contributed by atoms with E-state index < -0.39 is 12.1 Å². The Bertz CT molecular complexity index is 1520. The summed E-state index contributed by atoms with van der Waals surface area (Å²) in [6.07, 6.45) is 7.81. The standard InChI is InChI=1S/C35H42N6O4S2/c1-2-32(40-34(43)41(29-15-16-29)21-30-19-36-23-46-30)33(42)38-27(17-25-9-5-3-6-10-25)13-14-28(18-26-11-7-4-8-12-26)39-35(44)45-22-31-20-37-24-47-31/h3-12,19-20,23-24,27-29,32H,2,13-18,21-22H2,1H3,(H,38,42)(H,39,44)(H,40,43)/t27-,28-,32+/m1/s1. The van der Waals surface area contributed by atoms with Crippen LogP contribution in [-0.4, -0.2) is 57.1 Å². The van der Waals surface area contributed by atoms with E-state index in [2.05, 4.69) is 25.9 Å². The van der Waals surface area contributed by atoms with E-state index in [9.17, 15) is 14.4 Å². The Hall–Kier alpha value is -4.29. The molecule has 2 aromatic heterocycles. The molecule has 5 rings (SSSR count). The van der Waals surface area contributed by atoms with Gasteiger partial charge in [-0.15, -0.1) is 22.7 Å². The highest BCUT2D eigenvalue weighted by Gasteiger charge is 2.34. The molecule has 2 aromatic carbocycles. The fraction of sp³-hybridized carbons (Fsp3) is 0.400. The molecule has 0 spiro atoms. The van der Waals surface area contributed by atoms with Crippen LogP contribution in [0.1, 0.15) is 59.9 Å². The Morgan fingerprint density at radius 2 is 1.40 bits per heavy atom. The van der Waals surface area contributed by atoms with Crippen molar-refractivity contribution in [2.75, 3.05) is 0 Å². The van der Waals surface area contributed by atoms with Crippen LogP contribution < -0.4 is 16.0 Å². The predicted octanol–water partition coefficient (Wildman–Crippen LogP) is 6.10. The highest BCUT2D eigenvalue weighted by molar-refractivity contribution is 7.09. The van der Waals surface area contributed by atoms with Crippen LogP contribution in [0.3, 0.4) is 0 Å². The lowest BCUT2D eigenvalue weighted by molar-refractivity contribution is -0.123. The van der Waals surface area contributed by atoms with Gasteiger partial charge in [-0.1, -0.05) is 67.6 Å². The van der Waals surface area contributed by atoms with E-state index in [0.717, 1.165) is 33.7 Å². The lowest BCUT2D eigenvalue weighted by Gasteiger charge is -2.28. The van der Waals surface area contributed by atoms with Gasteiger partial charge in [-0.2, -0.15) is 0 Å². The van der Waals surface area contributed by atoms with Crippen molar-refractivity contribution in [2.45, 2.75) is 89.2 Å². The van der Waals surface area contributed by atoms with Crippen molar-refractivity contribution in [1.82, 2.24) is 30.8 Å². The monoisotopic (exact) mass is 674 g/mol. The van der Waals surface area contributed by atoms with Crippen LogP contribution in [0.15, 0.2) is 84.1 Å². The van der Waals surface area contributed by atoms with Crippen molar-refractivity contribution in [3.8, 4) is 0 Å². The largest absolute Gasteiger partial charge is 0.444 e. The first-order valence-electron chi connectivity index (χ1n) is 16.1. The second-order valence-electron chi connectivity index (χ2n) is 11.8. The van der Waals surface area contributed by atoms with E-state index in [1.165, 1.54) is 22.7 Å². The Morgan fingerprint density at radius 3 is 1.94 bits per heavy atom. The molecule has 1 fully saturated rings.